The third-order valence-electron chi connectivity index (χ3n) is 0.847. The van der Waals surface area contributed by atoms with Crippen LogP contribution in [0.1, 0.15) is 6.92 Å². The lowest BCUT2D eigenvalue weighted by atomic mass is 10.8. The molecule has 1 aliphatic heterocycles. The monoisotopic (exact) mass is 70.1 g/mol. The van der Waals surface area contributed by atoms with E-state index in [1.54, 1.807) is 0 Å². The minimum atomic E-state index is 1.19. The van der Waals surface area contributed by atoms with Gasteiger partial charge in [-0.3, -0.25) is 4.90 Å². The lowest BCUT2D eigenvalue weighted by Crippen LogP contribution is -1.88. The van der Waals surface area contributed by atoms with Crippen molar-refractivity contribution in [1.29, 1.82) is 0 Å². The quantitative estimate of drug-likeness (QED) is 0.405. The molecule has 0 aromatic rings. The first-order valence-electron chi connectivity index (χ1n) is 2.01. The molecule has 1 aliphatic rings. The Morgan fingerprint density at radius 2 is 2.60 bits per heavy atom. The fourth-order valence-corrected chi connectivity index (χ4v) is 0.316. The molecular formula is C4H8N. The molecular weight excluding hydrogens is 62.1 g/mol. The highest BCUT2D eigenvalue weighted by Gasteiger charge is 2.13. The largest absolute Gasteiger partial charge is 0.296 e. The van der Waals surface area contributed by atoms with Crippen molar-refractivity contribution in [2.45, 2.75) is 6.92 Å². The SMILES string of the molecule is CCN1[CH]C1. The molecule has 0 aromatic carbocycles. The highest BCUT2D eigenvalue weighted by molar-refractivity contribution is 4.85. The summed E-state index contributed by atoms with van der Waals surface area (Å²) in [4.78, 5) is 2.25. The molecule has 0 aromatic heterocycles. The van der Waals surface area contributed by atoms with Gasteiger partial charge in [-0.05, 0) is 6.54 Å². The molecule has 1 fully saturated rings. The maximum absolute atomic E-state index is 2.25. The van der Waals surface area contributed by atoms with Crippen LogP contribution in [-0.4, -0.2) is 18.0 Å². The van der Waals surface area contributed by atoms with Gasteiger partial charge >= 0.3 is 0 Å². The number of rotatable bonds is 1. The summed E-state index contributed by atoms with van der Waals surface area (Å²) in [6, 6.07) is 0. The van der Waals surface area contributed by atoms with Crippen LogP contribution in [0.3, 0.4) is 0 Å². The summed E-state index contributed by atoms with van der Waals surface area (Å²) in [5.41, 5.74) is 0. The number of hydrogen-bond donors (Lipinski definition) is 0. The number of likely N-dealkylation sites (N-methyl/N-ethyl adjacent to an activating group) is 1. The fourth-order valence-electron chi connectivity index (χ4n) is 0.316. The van der Waals surface area contributed by atoms with Crippen molar-refractivity contribution in [2.75, 3.05) is 13.1 Å². The fraction of sp³-hybridized carbons (Fsp3) is 0.750. The Morgan fingerprint density at radius 3 is 2.60 bits per heavy atom. The summed E-state index contributed by atoms with van der Waals surface area (Å²) < 4.78 is 0. The summed E-state index contributed by atoms with van der Waals surface area (Å²) in [5.74, 6) is 0. The topological polar surface area (TPSA) is 3.01 Å². The van der Waals surface area contributed by atoms with Crippen LogP contribution in [0.25, 0.3) is 0 Å². The smallest absolute Gasteiger partial charge is 0.0391 e. The number of nitrogens with zero attached hydrogens (tertiary/aromatic N) is 1. The minimum absolute atomic E-state index is 1.19. The zero-order chi connectivity index (χ0) is 3.70. The highest BCUT2D eigenvalue weighted by atomic mass is 15.2. The summed E-state index contributed by atoms with van der Waals surface area (Å²) in [6.45, 7) is 6.75. The van der Waals surface area contributed by atoms with Crippen molar-refractivity contribution in [3.05, 3.63) is 6.54 Å². The van der Waals surface area contributed by atoms with Crippen molar-refractivity contribution >= 4 is 0 Å². The van der Waals surface area contributed by atoms with Crippen molar-refractivity contribution in [3.63, 3.8) is 0 Å². The van der Waals surface area contributed by atoms with Crippen LogP contribution < -0.4 is 0 Å². The van der Waals surface area contributed by atoms with Gasteiger partial charge < -0.3 is 0 Å². The van der Waals surface area contributed by atoms with Crippen LogP contribution in [-0.2, 0) is 0 Å². The molecule has 0 spiro atoms. The predicted molar refractivity (Wildman–Crippen MR) is 21.5 cm³/mol. The van der Waals surface area contributed by atoms with Crippen LogP contribution in [0.2, 0.25) is 0 Å². The standard InChI is InChI=1S/C4H8N/c1-2-5-3-4-5/h3H,2,4H2,1H3. The average molecular weight is 70.1 g/mol. The Labute approximate surface area is 32.6 Å². The highest BCUT2D eigenvalue weighted by Crippen LogP contribution is 2.06. The molecule has 1 atom stereocenters. The summed E-state index contributed by atoms with van der Waals surface area (Å²) >= 11 is 0. The Kier molecular flexibility index (Phi) is 0.618. The van der Waals surface area contributed by atoms with E-state index < -0.39 is 0 Å². The van der Waals surface area contributed by atoms with Crippen molar-refractivity contribution < 1.29 is 0 Å². The third-order valence-corrected chi connectivity index (χ3v) is 0.847. The van der Waals surface area contributed by atoms with Crippen LogP contribution in [0.4, 0.5) is 0 Å². The predicted octanol–water partition coefficient (Wildman–Crippen LogP) is 0.484. The molecule has 29 valence electrons. The molecule has 1 heteroatoms. The molecule has 1 rings (SSSR count). The van der Waals surface area contributed by atoms with Crippen molar-refractivity contribution in [3.8, 4) is 0 Å². The normalized spacial score (nSPS) is 23.4. The molecule has 0 bridgehead atoms. The molecule has 0 amide bonds. The average Bonchev–Trinajstić information content (AvgIpc) is 2.12. The van der Waals surface area contributed by atoms with E-state index >= 15 is 0 Å². The molecule has 0 aliphatic carbocycles. The Bertz CT molecular complexity index is 30.6. The zero-order valence-electron chi connectivity index (χ0n) is 3.44. The maximum atomic E-state index is 2.25. The van der Waals surface area contributed by atoms with Crippen LogP contribution in [0.15, 0.2) is 0 Å². The summed E-state index contributed by atoms with van der Waals surface area (Å²) in [7, 11) is 0. The second kappa shape index (κ2) is 0.977. The molecule has 1 radical (unpaired) electrons. The summed E-state index contributed by atoms with van der Waals surface area (Å²) in [5, 5.41) is 0. The van der Waals surface area contributed by atoms with Gasteiger partial charge in [0.2, 0.25) is 0 Å². The first-order chi connectivity index (χ1) is 2.43. The van der Waals surface area contributed by atoms with E-state index in [0.29, 0.717) is 0 Å². The van der Waals surface area contributed by atoms with E-state index in [0.717, 1.165) is 0 Å². The van der Waals surface area contributed by atoms with Gasteiger partial charge in [0.15, 0.2) is 0 Å². The van der Waals surface area contributed by atoms with Gasteiger partial charge in [0.05, 0.1) is 0 Å². The van der Waals surface area contributed by atoms with Crippen LogP contribution in [0, 0.1) is 6.54 Å². The molecule has 0 N–H and O–H groups in total. The van der Waals surface area contributed by atoms with Crippen LogP contribution in [0.5, 0.6) is 0 Å². The van der Waals surface area contributed by atoms with E-state index in [1.807, 2.05) is 0 Å². The number of hydrogen-bond acceptors (Lipinski definition) is 1. The third kappa shape index (κ3) is 0.618. The van der Waals surface area contributed by atoms with Gasteiger partial charge in [-0.2, -0.15) is 0 Å². The lowest BCUT2D eigenvalue weighted by Gasteiger charge is -1.81. The van der Waals surface area contributed by atoms with E-state index in [2.05, 4.69) is 18.4 Å². The van der Waals surface area contributed by atoms with Crippen molar-refractivity contribution in [1.82, 2.24) is 4.90 Å². The molecule has 1 unspecified atom stereocenters. The van der Waals surface area contributed by atoms with Gasteiger partial charge in [0, 0.05) is 13.1 Å². The molecule has 1 nitrogen and oxygen atoms in total. The van der Waals surface area contributed by atoms with E-state index in [9.17, 15) is 0 Å². The second-order valence-electron chi connectivity index (χ2n) is 1.27. The summed E-state index contributed by atoms with van der Waals surface area (Å²) in [6.07, 6.45) is 0. The Hall–Kier alpha value is -0.0400. The first kappa shape index (κ1) is 3.16. The molecule has 5 heavy (non-hydrogen) atoms. The van der Waals surface area contributed by atoms with Gasteiger partial charge in [-0.1, -0.05) is 6.92 Å². The Balaban J connectivity index is 2.00. The second-order valence-corrected chi connectivity index (χ2v) is 1.27. The van der Waals surface area contributed by atoms with Gasteiger partial charge in [0.25, 0.3) is 0 Å². The van der Waals surface area contributed by atoms with E-state index in [1.165, 1.54) is 13.1 Å². The lowest BCUT2D eigenvalue weighted by molar-refractivity contribution is 0.618. The maximum Gasteiger partial charge on any atom is 0.0391 e. The van der Waals surface area contributed by atoms with Gasteiger partial charge in [-0.25, -0.2) is 0 Å². The zero-order valence-corrected chi connectivity index (χ0v) is 3.44. The van der Waals surface area contributed by atoms with Gasteiger partial charge in [-0.15, -0.1) is 0 Å². The van der Waals surface area contributed by atoms with Crippen molar-refractivity contribution in [2.24, 2.45) is 0 Å². The van der Waals surface area contributed by atoms with Crippen LogP contribution >= 0.6 is 0 Å². The van der Waals surface area contributed by atoms with Gasteiger partial charge in [0.1, 0.15) is 0 Å². The molecule has 0 saturated carbocycles. The first-order valence-corrected chi connectivity index (χ1v) is 2.01. The Morgan fingerprint density at radius 1 is 2.00 bits per heavy atom. The minimum Gasteiger partial charge on any atom is -0.296 e. The van der Waals surface area contributed by atoms with E-state index in [4.69, 9.17) is 0 Å². The molecule has 1 heterocycles. The molecule has 1 saturated heterocycles. The van der Waals surface area contributed by atoms with E-state index in [-0.39, 0.29) is 0 Å².